The van der Waals surface area contributed by atoms with E-state index in [0.29, 0.717) is 12.1 Å². The van der Waals surface area contributed by atoms with Gasteiger partial charge >= 0.3 is 0 Å². The summed E-state index contributed by atoms with van der Waals surface area (Å²) in [6.45, 7) is 1.46. The number of carbonyl (C=O) groups is 1. The third-order valence-electron chi connectivity index (χ3n) is 3.43. The molecular weight excluding hydrogens is 228 g/mol. The number of benzene rings is 1. The van der Waals surface area contributed by atoms with Gasteiger partial charge in [0.15, 0.2) is 0 Å². The van der Waals surface area contributed by atoms with Crippen LogP contribution in [0, 0.1) is 0 Å². The zero-order valence-corrected chi connectivity index (χ0v) is 10.1. The van der Waals surface area contributed by atoms with Crippen molar-refractivity contribution in [2.24, 2.45) is 5.73 Å². The molecule has 1 aromatic carbocycles. The average molecular weight is 244 g/mol. The lowest BCUT2D eigenvalue weighted by molar-refractivity contribution is 0.0709. The van der Waals surface area contributed by atoms with E-state index in [1.165, 1.54) is 0 Å². The van der Waals surface area contributed by atoms with Gasteiger partial charge in [-0.25, -0.2) is 0 Å². The van der Waals surface area contributed by atoms with Crippen LogP contribution < -0.4 is 5.73 Å². The van der Waals surface area contributed by atoms with Gasteiger partial charge < -0.3 is 10.6 Å². The second-order valence-electron chi connectivity index (χ2n) is 4.83. The van der Waals surface area contributed by atoms with Crippen LogP contribution in [0.4, 0.5) is 0 Å². The van der Waals surface area contributed by atoms with Gasteiger partial charge in [-0.3, -0.25) is 9.89 Å². The van der Waals surface area contributed by atoms with Crippen molar-refractivity contribution >= 4 is 16.8 Å². The summed E-state index contributed by atoms with van der Waals surface area (Å²) >= 11 is 0. The van der Waals surface area contributed by atoms with Crippen LogP contribution in [-0.2, 0) is 0 Å². The standard InChI is InChI=1S/C13H16N4O/c14-11-2-1-5-17(8-11)13(18)9-3-4-12-10(6-9)7-15-16-12/h3-4,6-7,11H,1-2,5,8,14H2,(H,15,16)/t11-/m0/s1. The topological polar surface area (TPSA) is 75.0 Å². The molecular formula is C13H16N4O. The number of hydrogen-bond donors (Lipinski definition) is 2. The number of amides is 1. The monoisotopic (exact) mass is 244 g/mol. The van der Waals surface area contributed by atoms with Gasteiger partial charge in [0.25, 0.3) is 5.91 Å². The maximum Gasteiger partial charge on any atom is 0.253 e. The number of nitrogens with two attached hydrogens (primary N) is 1. The summed E-state index contributed by atoms with van der Waals surface area (Å²) in [6, 6.07) is 5.71. The maximum atomic E-state index is 12.4. The number of H-pyrrole nitrogens is 1. The minimum absolute atomic E-state index is 0.0632. The fourth-order valence-corrected chi connectivity index (χ4v) is 2.45. The Kier molecular flexibility index (Phi) is 2.76. The normalized spacial score (nSPS) is 20.3. The Morgan fingerprint density at radius 3 is 3.22 bits per heavy atom. The first-order valence-electron chi connectivity index (χ1n) is 6.22. The quantitative estimate of drug-likeness (QED) is 0.789. The molecule has 3 N–H and O–H groups in total. The highest BCUT2D eigenvalue weighted by atomic mass is 16.2. The van der Waals surface area contributed by atoms with Crippen LogP contribution in [0.1, 0.15) is 23.2 Å². The fraction of sp³-hybridized carbons (Fsp3) is 0.385. The first-order valence-corrected chi connectivity index (χ1v) is 6.22. The molecule has 1 saturated heterocycles. The lowest BCUT2D eigenvalue weighted by atomic mass is 10.0. The largest absolute Gasteiger partial charge is 0.337 e. The summed E-state index contributed by atoms with van der Waals surface area (Å²) in [5.74, 6) is 0.0632. The van der Waals surface area contributed by atoms with Gasteiger partial charge in [-0.1, -0.05) is 0 Å². The number of aromatic amines is 1. The van der Waals surface area contributed by atoms with Crippen molar-refractivity contribution in [2.45, 2.75) is 18.9 Å². The van der Waals surface area contributed by atoms with Crippen molar-refractivity contribution in [1.29, 1.82) is 0 Å². The summed E-state index contributed by atoms with van der Waals surface area (Å²) in [7, 11) is 0. The Morgan fingerprint density at radius 1 is 1.50 bits per heavy atom. The molecule has 1 aromatic heterocycles. The number of aromatic nitrogens is 2. The van der Waals surface area contributed by atoms with Crippen molar-refractivity contribution in [3.8, 4) is 0 Å². The van der Waals surface area contributed by atoms with Crippen molar-refractivity contribution in [3.05, 3.63) is 30.0 Å². The highest BCUT2D eigenvalue weighted by Crippen LogP contribution is 2.17. The van der Waals surface area contributed by atoms with Crippen LogP contribution >= 0.6 is 0 Å². The minimum Gasteiger partial charge on any atom is -0.337 e. The Morgan fingerprint density at radius 2 is 2.39 bits per heavy atom. The summed E-state index contributed by atoms with van der Waals surface area (Å²) < 4.78 is 0. The van der Waals surface area contributed by atoms with Crippen LogP contribution in [0.5, 0.6) is 0 Å². The van der Waals surface area contributed by atoms with Crippen LogP contribution in [0.25, 0.3) is 10.9 Å². The molecule has 3 rings (SSSR count). The smallest absolute Gasteiger partial charge is 0.253 e. The molecule has 0 aliphatic carbocycles. The van der Waals surface area contributed by atoms with Gasteiger partial charge in [-0.2, -0.15) is 5.10 Å². The zero-order chi connectivity index (χ0) is 12.5. The Labute approximate surface area is 105 Å². The Hall–Kier alpha value is -1.88. The molecule has 1 atom stereocenters. The number of rotatable bonds is 1. The van der Waals surface area contributed by atoms with E-state index in [2.05, 4.69) is 10.2 Å². The van der Waals surface area contributed by atoms with Crippen LogP contribution in [0.2, 0.25) is 0 Å². The molecule has 0 saturated carbocycles. The van der Waals surface area contributed by atoms with Crippen LogP contribution in [0.3, 0.4) is 0 Å². The van der Waals surface area contributed by atoms with Gasteiger partial charge in [-0.05, 0) is 31.0 Å². The third kappa shape index (κ3) is 1.97. The summed E-state index contributed by atoms with van der Waals surface area (Å²) in [6.07, 6.45) is 3.72. The molecule has 1 aliphatic rings. The zero-order valence-electron chi connectivity index (χ0n) is 10.1. The molecule has 0 unspecified atom stereocenters. The van der Waals surface area contributed by atoms with Gasteiger partial charge in [0, 0.05) is 30.1 Å². The summed E-state index contributed by atoms with van der Waals surface area (Å²) in [5.41, 5.74) is 7.56. The van der Waals surface area contributed by atoms with E-state index in [1.54, 1.807) is 6.20 Å². The van der Waals surface area contributed by atoms with Gasteiger partial charge in [0.1, 0.15) is 0 Å². The van der Waals surface area contributed by atoms with Crippen LogP contribution in [0.15, 0.2) is 24.4 Å². The molecule has 1 aliphatic heterocycles. The average Bonchev–Trinajstić information content (AvgIpc) is 2.85. The number of carbonyl (C=O) groups excluding carboxylic acids is 1. The first-order chi connectivity index (χ1) is 8.74. The predicted octanol–water partition coefficient (Wildman–Crippen LogP) is 1.13. The number of hydrogen-bond acceptors (Lipinski definition) is 3. The van der Waals surface area contributed by atoms with E-state index >= 15 is 0 Å². The second kappa shape index (κ2) is 4.42. The molecule has 2 aromatic rings. The van der Waals surface area contributed by atoms with Crippen molar-refractivity contribution in [1.82, 2.24) is 15.1 Å². The van der Waals surface area contributed by atoms with E-state index in [9.17, 15) is 4.79 Å². The molecule has 5 nitrogen and oxygen atoms in total. The highest BCUT2D eigenvalue weighted by Gasteiger charge is 2.22. The van der Waals surface area contributed by atoms with E-state index in [4.69, 9.17) is 5.73 Å². The molecule has 0 bridgehead atoms. The molecule has 0 spiro atoms. The minimum atomic E-state index is 0.0632. The third-order valence-corrected chi connectivity index (χ3v) is 3.43. The van der Waals surface area contributed by atoms with E-state index in [0.717, 1.165) is 30.3 Å². The Balaban J connectivity index is 1.86. The molecule has 18 heavy (non-hydrogen) atoms. The number of piperidine rings is 1. The number of nitrogens with one attached hydrogen (secondary N) is 1. The second-order valence-corrected chi connectivity index (χ2v) is 4.83. The van der Waals surface area contributed by atoms with Crippen molar-refractivity contribution < 1.29 is 4.79 Å². The molecule has 1 fully saturated rings. The van der Waals surface area contributed by atoms with Gasteiger partial charge in [0.05, 0.1) is 11.7 Å². The fourth-order valence-electron chi connectivity index (χ4n) is 2.45. The number of fused-ring (bicyclic) bond motifs is 1. The Bertz CT molecular complexity index is 577. The lowest BCUT2D eigenvalue weighted by Gasteiger charge is -2.30. The predicted molar refractivity (Wildman–Crippen MR) is 69.2 cm³/mol. The molecule has 5 heteroatoms. The molecule has 2 heterocycles. The number of nitrogens with zero attached hydrogens (tertiary/aromatic N) is 2. The maximum absolute atomic E-state index is 12.4. The van der Waals surface area contributed by atoms with E-state index < -0.39 is 0 Å². The van der Waals surface area contributed by atoms with E-state index in [1.807, 2.05) is 23.1 Å². The van der Waals surface area contributed by atoms with Crippen molar-refractivity contribution in [2.75, 3.05) is 13.1 Å². The van der Waals surface area contributed by atoms with Gasteiger partial charge in [0.2, 0.25) is 0 Å². The molecule has 1 amide bonds. The van der Waals surface area contributed by atoms with E-state index in [-0.39, 0.29) is 11.9 Å². The highest BCUT2D eigenvalue weighted by molar-refractivity contribution is 5.97. The van der Waals surface area contributed by atoms with Crippen molar-refractivity contribution in [3.63, 3.8) is 0 Å². The molecule has 94 valence electrons. The SMILES string of the molecule is N[C@H]1CCCN(C(=O)c2ccc3[nH]ncc3c2)C1. The lowest BCUT2D eigenvalue weighted by Crippen LogP contribution is -2.45. The molecule has 0 radical (unpaired) electrons. The first kappa shape index (κ1) is 11.2. The number of likely N-dealkylation sites (tertiary alicyclic amines) is 1. The van der Waals surface area contributed by atoms with Crippen LogP contribution in [-0.4, -0.2) is 40.1 Å². The summed E-state index contributed by atoms with van der Waals surface area (Å²) in [4.78, 5) is 14.2. The summed E-state index contributed by atoms with van der Waals surface area (Å²) in [5, 5.41) is 7.79. The van der Waals surface area contributed by atoms with Gasteiger partial charge in [-0.15, -0.1) is 0 Å².